The van der Waals surface area contributed by atoms with Crippen molar-refractivity contribution in [2.75, 3.05) is 29.4 Å². The molecule has 2 aromatic carbocycles. The van der Waals surface area contributed by atoms with Crippen LogP contribution >= 0.6 is 46.6 Å². The molecule has 0 saturated carbocycles. The summed E-state index contributed by atoms with van der Waals surface area (Å²) in [4.78, 5) is 12.6. The predicted molar refractivity (Wildman–Crippen MR) is 128 cm³/mol. The zero-order valence-corrected chi connectivity index (χ0v) is 20.5. The Kier molecular flexibility index (Phi) is 8.26. The third kappa shape index (κ3) is 6.35. The number of fused-ring (bicyclic) bond motifs is 1. The van der Waals surface area contributed by atoms with E-state index in [-0.39, 0.29) is 18.9 Å². The highest BCUT2D eigenvalue weighted by Crippen LogP contribution is 2.36. The lowest BCUT2D eigenvalue weighted by molar-refractivity contribution is -0.127. The average Bonchev–Trinajstić information content (AvgIpc) is 2.88. The Balaban J connectivity index is 1.57. The molecule has 11 heteroatoms. The Morgan fingerprint density at radius 2 is 1.94 bits per heavy atom. The maximum atomic E-state index is 12.6. The number of anilines is 1. The minimum Gasteiger partial charge on any atom is -0.478 e. The first kappa shape index (κ1) is 24.3. The van der Waals surface area contributed by atoms with Gasteiger partial charge >= 0.3 is 0 Å². The van der Waals surface area contributed by atoms with Crippen LogP contribution in [0.5, 0.6) is 5.75 Å². The predicted octanol–water partition coefficient (Wildman–Crippen LogP) is 4.61. The van der Waals surface area contributed by atoms with Crippen molar-refractivity contribution in [2.24, 2.45) is 0 Å². The second-order valence-electron chi connectivity index (χ2n) is 6.89. The van der Waals surface area contributed by atoms with Gasteiger partial charge in [0.25, 0.3) is 5.91 Å². The smallest absolute Gasteiger partial charge is 0.261 e. The number of benzene rings is 2. The zero-order chi connectivity index (χ0) is 22.6. The fourth-order valence-electron chi connectivity index (χ4n) is 3.09. The van der Waals surface area contributed by atoms with Gasteiger partial charge in [0, 0.05) is 46.1 Å². The molecule has 0 bridgehead atoms. The van der Waals surface area contributed by atoms with E-state index < -0.39 is 16.1 Å². The number of ether oxygens (including phenoxy) is 1. The molecule has 1 atom stereocenters. The first-order chi connectivity index (χ1) is 14.7. The Morgan fingerprint density at radius 3 is 2.61 bits per heavy atom. The van der Waals surface area contributed by atoms with Gasteiger partial charge in [-0.1, -0.05) is 40.9 Å². The fraction of sp³-hybridized carbons (Fsp3) is 0.350. The number of halogens is 3. The molecule has 1 aliphatic heterocycles. The third-order valence-corrected chi connectivity index (χ3v) is 7.71. The van der Waals surface area contributed by atoms with Crippen LogP contribution in [0.15, 0.2) is 36.4 Å². The van der Waals surface area contributed by atoms with Gasteiger partial charge in [0.05, 0.1) is 11.9 Å². The summed E-state index contributed by atoms with van der Waals surface area (Å²) in [6.45, 7) is 0.540. The molecule has 2 aromatic rings. The first-order valence-corrected chi connectivity index (χ1v) is 13.5. The Hall–Kier alpha value is -1.32. The van der Waals surface area contributed by atoms with E-state index in [1.807, 2.05) is 0 Å². The van der Waals surface area contributed by atoms with Gasteiger partial charge in [-0.25, -0.2) is 8.42 Å². The molecule has 1 N–H and O–H groups in total. The lowest BCUT2D eigenvalue weighted by Gasteiger charge is -2.21. The summed E-state index contributed by atoms with van der Waals surface area (Å²) in [5.41, 5.74) is 1.20. The molecule has 3 rings (SSSR count). The van der Waals surface area contributed by atoms with Crippen molar-refractivity contribution >= 4 is 68.2 Å². The van der Waals surface area contributed by atoms with Crippen molar-refractivity contribution < 1.29 is 17.9 Å². The van der Waals surface area contributed by atoms with Gasteiger partial charge in [0.1, 0.15) is 5.75 Å². The summed E-state index contributed by atoms with van der Waals surface area (Å²) in [6, 6.07) is 10.1. The van der Waals surface area contributed by atoms with E-state index in [1.165, 1.54) is 10.4 Å². The Bertz CT molecular complexity index is 1050. The highest BCUT2D eigenvalue weighted by molar-refractivity contribution is 7.98. The van der Waals surface area contributed by atoms with Crippen LogP contribution in [0.2, 0.25) is 15.1 Å². The minimum absolute atomic E-state index is 0.115. The molecule has 1 aliphatic rings. The molecule has 1 unspecified atom stereocenters. The van der Waals surface area contributed by atoms with Crippen molar-refractivity contribution in [2.45, 2.75) is 18.3 Å². The van der Waals surface area contributed by atoms with E-state index in [1.54, 1.807) is 42.1 Å². The van der Waals surface area contributed by atoms with Crippen molar-refractivity contribution in [3.05, 3.63) is 57.0 Å². The number of nitrogens with one attached hydrogen (secondary N) is 1. The number of amides is 1. The number of rotatable bonds is 7. The molecule has 31 heavy (non-hydrogen) atoms. The molecule has 0 aromatic heterocycles. The van der Waals surface area contributed by atoms with Gasteiger partial charge in [0.2, 0.25) is 10.0 Å². The van der Waals surface area contributed by atoms with Crippen LogP contribution < -0.4 is 14.4 Å². The van der Waals surface area contributed by atoms with Crippen LogP contribution in [0.3, 0.4) is 0 Å². The molecule has 1 amide bonds. The first-order valence-electron chi connectivity index (χ1n) is 9.39. The number of nitrogens with zero attached hydrogens (tertiary/aromatic N) is 1. The molecule has 0 spiro atoms. The van der Waals surface area contributed by atoms with Gasteiger partial charge < -0.3 is 10.1 Å². The maximum Gasteiger partial charge on any atom is 0.261 e. The van der Waals surface area contributed by atoms with Crippen molar-refractivity contribution in [3.8, 4) is 5.75 Å². The topological polar surface area (TPSA) is 75.7 Å². The SMILES string of the molecule is CS(=O)(=O)N1CCC(C(=O)NCCSCc2c(Cl)cccc2Cl)Oc2ccc(Cl)cc21. The molecular weight excluding hydrogens is 503 g/mol. The number of hydrogen-bond donors (Lipinski definition) is 1. The fourth-order valence-corrected chi connectivity index (χ4v) is 5.78. The van der Waals surface area contributed by atoms with Crippen molar-refractivity contribution in [1.29, 1.82) is 0 Å². The van der Waals surface area contributed by atoms with Gasteiger partial charge in [-0.2, -0.15) is 11.8 Å². The second kappa shape index (κ2) is 10.5. The quantitative estimate of drug-likeness (QED) is 0.536. The molecule has 0 aliphatic carbocycles. The van der Waals surface area contributed by atoms with E-state index in [4.69, 9.17) is 39.5 Å². The number of sulfonamides is 1. The van der Waals surface area contributed by atoms with Crippen molar-refractivity contribution in [3.63, 3.8) is 0 Å². The van der Waals surface area contributed by atoms with E-state index in [9.17, 15) is 13.2 Å². The lowest BCUT2D eigenvalue weighted by atomic mass is 10.2. The van der Waals surface area contributed by atoms with Crippen LogP contribution in [-0.4, -0.2) is 45.5 Å². The van der Waals surface area contributed by atoms with Crippen LogP contribution in [0.1, 0.15) is 12.0 Å². The van der Waals surface area contributed by atoms with Crippen LogP contribution in [0.25, 0.3) is 0 Å². The molecule has 0 radical (unpaired) electrons. The minimum atomic E-state index is -3.55. The number of hydrogen-bond acceptors (Lipinski definition) is 5. The summed E-state index contributed by atoms with van der Waals surface area (Å²) in [5, 5.41) is 4.46. The number of carbonyl (C=O) groups is 1. The average molecular weight is 524 g/mol. The zero-order valence-electron chi connectivity index (χ0n) is 16.6. The van der Waals surface area contributed by atoms with E-state index in [0.29, 0.717) is 44.6 Å². The Morgan fingerprint density at radius 1 is 1.23 bits per heavy atom. The largest absolute Gasteiger partial charge is 0.478 e. The second-order valence-corrected chi connectivity index (χ2v) is 11.1. The molecular formula is C20H21Cl3N2O4S2. The van der Waals surface area contributed by atoms with Gasteiger partial charge in [0.15, 0.2) is 6.10 Å². The molecule has 0 fully saturated rings. The van der Waals surface area contributed by atoms with E-state index in [0.717, 1.165) is 11.8 Å². The van der Waals surface area contributed by atoms with Crippen molar-refractivity contribution in [1.82, 2.24) is 5.32 Å². The summed E-state index contributed by atoms with van der Waals surface area (Å²) < 4.78 is 31.5. The third-order valence-electron chi connectivity index (χ3n) is 4.60. The monoisotopic (exact) mass is 522 g/mol. The highest BCUT2D eigenvalue weighted by atomic mass is 35.5. The van der Waals surface area contributed by atoms with Gasteiger partial charge in [-0.15, -0.1) is 0 Å². The molecule has 1 heterocycles. The lowest BCUT2D eigenvalue weighted by Crippen LogP contribution is -2.40. The van der Waals surface area contributed by atoms with E-state index >= 15 is 0 Å². The van der Waals surface area contributed by atoms with E-state index in [2.05, 4.69) is 5.32 Å². The molecule has 6 nitrogen and oxygen atoms in total. The normalized spacial score (nSPS) is 16.3. The molecule has 168 valence electrons. The number of carbonyl (C=O) groups excluding carboxylic acids is 1. The van der Waals surface area contributed by atoms with Crippen LogP contribution in [0, 0.1) is 0 Å². The van der Waals surface area contributed by atoms with Crippen LogP contribution in [-0.2, 0) is 20.6 Å². The number of thioether (sulfide) groups is 1. The summed E-state index contributed by atoms with van der Waals surface area (Å²) in [7, 11) is -3.55. The maximum absolute atomic E-state index is 12.6. The van der Waals surface area contributed by atoms with Crippen LogP contribution in [0.4, 0.5) is 5.69 Å². The van der Waals surface area contributed by atoms with Gasteiger partial charge in [-0.05, 0) is 35.9 Å². The summed E-state index contributed by atoms with van der Waals surface area (Å²) >= 11 is 20.0. The molecule has 0 saturated heterocycles. The highest BCUT2D eigenvalue weighted by Gasteiger charge is 2.31. The summed E-state index contributed by atoms with van der Waals surface area (Å²) in [5.74, 6) is 1.29. The van der Waals surface area contributed by atoms with Gasteiger partial charge in [-0.3, -0.25) is 9.10 Å². The standard InChI is InChI=1S/C20H21Cl3N2O4S2/c1-31(27,28)25-9-7-19(29-18-6-5-13(21)11-17(18)25)20(26)24-8-10-30-12-14-15(22)3-2-4-16(14)23/h2-6,11,19H,7-10,12H2,1H3,(H,24,26). The summed E-state index contributed by atoms with van der Waals surface area (Å²) in [6.07, 6.45) is 0.517. The Labute approximate surface area is 201 Å².